The van der Waals surface area contributed by atoms with Gasteiger partial charge in [-0.15, -0.1) is 0 Å². The predicted octanol–water partition coefficient (Wildman–Crippen LogP) is 2.95. The number of aromatic nitrogens is 5. The number of fused-ring (bicyclic) bond motifs is 1. The summed E-state index contributed by atoms with van der Waals surface area (Å²) >= 11 is 0. The minimum absolute atomic E-state index is 0.204. The van der Waals surface area contributed by atoms with E-state index in [-0.39, 0.29) is 28.7 Å². The van der Waals surface area contributed by atoms with E-state index < -0.39 is 33.0 Å². The molecule has 11 nitrogen and oxygen atoms in total. The number of anilines is 3. The highest BCUT2D eigenvalue weighted by Crippen LogP contribution is 2.34. The van der Waals surface area contributed by atoms with Crippen LogP contribution in [0.4, 0.5) is 31.8 Å². The Balaban J connectivity index is 1.85. The van der Waals surface area contributed by atoms with Gasteiger partial charge in [0.05, 0.1) is 29.3 Å². The van der Waals surface area contributed by atoms with Crippen molar-refractivity contribution in [2.45, 2.75) is 0 Å². The van der Waals surface area contributed by atoms with E-state index in [9.17, 15) is 17.8 Å². The van der Waals surface area contributed by atoms with Crippen LogP contribution in [0.15, 0.2) is 35.2 Å². The van der Waals surface area contributed by atoms with E-state index >= 15 is 0 Å². The van der Waals surface area contributed by atoms with E-state index in [1.807, 2.05) is 0 Å². The van der Waals surface area contributed by atoms with Crippen LogP contribution >= 0.6 is 0 Å². The number of hydrogen-bond acceptors (Lipinski definition) is 9. The lowest BCUT2D eigenvalue weighted by Crippen LogP contribution is -2.18. The minimum Gasteiger partial charge on any atom is -0.371 e. The number of rotatable bonds is 6. The van der Waals surface area contributed by atoms with Crippen molar-refractivity contribution in [3.05, 3.63) is 48.2 Å². The Morgan fingerprint density at radius 2 is 1.89 bits per heavy atom. The first kappa shape index (κ1) is 23.9. The fourth-order valence-corrected chi connectivity index (χ4v) is 3.96. The van der Waals surface area contributed by atoms with E-state index in [1.54, 1.807) is 31.2 Å². The van der Waals surface area contributed by atoms with Gasteiger partial charge in [0, 0.05) is 42.5 Å². The van der Waals surface area contributed by atoms with Crippen LogP contribution in [0, 0.1) is 11.6 Å². The molecule has 0 fully saturated rings. The highest BCUT2D eigenvalue weighted by atomic mass is 32.2. The Morgan fingerprint density at radius 3 is 2.54 bits per heavy atom. The number of pyridine rings is 1. The molecule has 0 aliphatic rings. The Hall–Kier alpha value is -4.20. The van der Waals surface area contributed by atoms with Crippen LogP contribution in [0.25, 0.3) is 22.3 Å². The van der Waals surface area contributed by atoms with Gasteiger partial charge in [-0.25, -0.2) is 27.9 Å². The van der Waals surface area contributed by atoms with Crippen LogP contribution < -0.4 is 16.4 Å². The summed E-state index contributed by atoms with van der Waals surface area (Å²) < 4.78 is 46.6. The van der Waals surface area contributed by atoms with Gasteiger partial charge in [-0.1, -0.05) is 0 Å². The average molecular weight is 502 g/mol. The summed E-state index contributed by atoms with van der Waals surface area (Å²) in [5, 5.41) is 5.45. The third-order valence-electron chi connectivity index (χ3n) is 4.89. The maximum Gasteiger partial charge on any atom is 0.271 e. The molecule has 0 unspecified atom stereocenters. The van der Waals surface area contributed by atoms with Crippen LogP contribution in [0.5, 0.6) is 0 Å². The molecule has 0 spiro atoms. The summed E-state index contributed by atoms with van der Waals surface area (Å²) in [4.78, 5) is 29.5. The molecule has 1 amide bonds. The number of imidazole rings is 1. The number of nitrogens with zero attached hydrogens (tertiary/aromatic N) is 6. The number of hydrogen-bond donors (Lipinski definition) is 3. The van der Waals surface area contributed by atoms with E-state index in [2.05, 4.69) is 34.9 Å². The monoisotopic (exact) mass is 501 g/mol. The Bertz CT molecular complexity index is 1600. The zero-order chi connectivity index (χ0) is 25.5. The molecule has 4 rings (SSSR count). The first-order valence-electron chi connectivity index (χ1n) is 10.1. The third kappa shape index (κ3) is 4.59. The molecule has 0 aliphatic carbocycles. The number of amides is 1. The van der Waals surface area contributed by atoms with E-state index in [0.29, 0.717) is 11.1 Å². The molecule has 4 N–H and O–H groups in total. The number of carbonyl (C=O) groups is 1. The van der Waals surface area contributed by atoms with Gasteiger partial charge in [0.25, 0.3) is 5.91 Å². The van der Waals surface area contributed by atoms with Gasteiger partial charge < -0.3 is 20.9 Å². The van der Waals surface area contributed by atoms with E-state index in [1.165, 1.54) is 24.8 Å². The normalized spacial score (nSPS) is 11.5. The van der Waals surface area contributed by atoms with Crippen LogP contribution in [-0.2, 0) is 16.8 Å². The zero-order valence-corrected chi connectivity index (χ0v) is 19.9. The van der Waals surface area contributed by atoms with Gasteiger partial charge in [-0.2, -0.15) is 4.36 Å². The number of nitrogens with one attached hydrogen (secondary N) is 2. The maximum absolute atomic E-state index is 14.8. The minimum atomic E-state index is -2.72. The molecule has 35 heavy (non-hydrogen) atoms. The zero-order valence-electron chi connectivity index (χ0n) is 19.1. The first-order chi connectivity index (χ1) is 16.5. The number of carbonyl (C=O) groups excluding carboxylic acids is 1. The van der Waals surface area contributed by atoms with Gasteiger partial charge in [0.15, 0.2) is 29.0 Å². The molecule has 182 valence electrons. The number of benzene rings is 1. The van der Waals surface area contributed by atoms with Crippen molar-refractivity contribution in [1.82, 2.24) is 24.5 Å². The third-order valence-corrected chi connectivity index (χ3v) is 5.53. The summed E-state index contributed by atoms with van der Waals surface area (Å²) in [7, 11) is 0.669. The van der Waals surface area contributed by atoms with Gasteiger partial charge in [-0.3, -0.25) is 9.78 Å². The standard InChI is InChI=1S/C21H21F2N9O2S/c1-25-20-17(10-7-26-8-13-16(10)27-9-32(13)2)29-18(19(24)33)21(30-20)28-11-5-6-12(15(23)14(11)22)31-35(3,4)34/h5-9H,1-4H3,(H2,24,33)(H2,25,28,30). The molecule has 0 saturated carbocycles. The van der Waals surface area contributed by atoms with Gasteiger partial charge in [0.2, 0.25) is 0 Å². The quantitative estimate of drug-likeness (QED) is 0.364. The lowest BCUT2D eigenvalue weighted by atomic mass is 10.1. The molecule has 0 aliphatic heterocycles. The molecular weight excluding hydrogens is 480 g/mol. The number of aryl methyl sites for hydroxylation is 1. The van der Waals surface area contributed by atoms with Crippen molar-refractivity contribution in [3.63, 3.8) is 0 Å². The summed E-state index contributed by atoms with van der Waals surface area (Å²) in [6, 6.07) is 2.34. The maximum atomic E-state index is 14.8. The highest BCUT2D eigenvalue weighted by molar-refractivity contribution is 7.92. The lowest BCUT2D eigenvalue weighted by molar-refractivity contribution is 0.0996. The molecule has 1 aromatic carbocycles. The Labute approximate surface area is 199 Å². The van der Waals surface area contributed by atoms with Crippen LogP contribution in [0.1, 0.15) is 10.5 Å². The van der Waals surface area contributed by atoms with Crippen molar-refractivity contribution in [2.24, 2.45) is 17.1 Å². The molecule has 14 heteroatoms. The summed E-state index contributed by atoms with van der Waals surface area (Å²) in [6.45, 7) is 0. The molecule has 0 saturated heterocycles. The Morgan fingerprint density at radius 1 is 1.14 bits per heavy atom. The fraction of sp³-hybridized carbons (Fsp3) is 0.190. The van der Waals surface area contributed by atoms with Crippen LogP contribution in [0.2, 0.25) is 0 Å². The molecule has 3 heterocycles. The van der Waals surface area contributed by atoms with Crippen LogP contribution in [0.3, 0.4) is 0 Å². The van der Waals surface area contributed by atoms with E-state index in [0.717, 1.165) is 11.6 Å². The van der Waals surface area contributed by atoms with Gasteiger partial charge in [0.1, 0.15) is 16.9 Å². The number of halogens is 2. The lowest BCUT2D eigenvalue weighted by Gasteiger charge is -2.15. The van der Waals surface area contributed by atoms with Crippen molar-refractivity contribution in [2.75, 3.05) is 30.2 Å². The second-order valence-electron chi connectivity index (χ2n) is 7.80. The predicted molar refractivity (Wildman–Crippen MR) is 129 cm³/mol. The first-order valence-corrected chi connectivity index (χ1v) is 12.4. The summed E-state index contributed by atoms with van der Waals surface area (Å²) in [6.07, 6.45) is 7.36. The molecule has 3 aromatic heterocycles. The van der Waals surface area contributed by atoms with Crippen molar-refractivity contribution in [1.29, 1.82) is 0 Å². The molecule has 0 atom stereocenters. The number of primary amides is 1. The second-order valence-corrected chi connectivity index (χ2v) is 10.3. The van der Waals surface area contributed by atoms with E-state index in [4.69, 9.17) is 5.73 Å². The summed E-state index contributed by atoms with van der Waals surface area (Å²) in [5.74, 6) is -3.55. The average Bonchev–Trinajstić information content (AvgIpc) is 3.18. The molecular formula is C21H21F2N9O2S. The molecule has 0 radical (unpaired) electrons. The smallest absolute Gasteiger partial charge is 0.271 e. The van der Waals surface area contributed by atoms with Crippen molar-refractivity contribution >= 4 is 49.7 Å². The SMILES string of the molecule is CNc1nc(Nc2ccc(N=S(C)(C)=O)c(F)c2F)c(C(N)=O)nc1-c1cncc2c1ncn2C. The van der Waals surface area contributed by atoms with Gasteiger partial charge in [-0.05, 0) is 12.1 Å². The van der Waals surface area contributed by atoms with Gasteiger partial charge >= 0.3 is 0 Å². The van der Waals surface area contributed by atoms with Crippen molar-refractivity contribution in [3.8, 4) is 11.3 Å². The highest BCUT2D eigenvalue weighted by Gasteiger charge is 2.23. The second kappa shape index (κ2) is 8.87. The molecule has 4 aromatic rings. The largest absolute Gasteiger partial charge is 0.371 e. The topological polar surface area (TPSA) is 153 Å². The molecule has 0 bridgehead atoms. The Kier molecular flexibility index (Phi) is 6.06. The fourth-order valence-electron chi connectivity index (χ4n) is 3.34. The number of nitrogens with two attached hydrogens (primary N) is 1. The summed E-state index contributed by atoms with van der Waals surface area (Å²) in [5.41, 5.74) is 6.49. The van der Waals surface area contributed by atoms with Crippen molar-refractivity contribution < 1.29 is 17.8 Å². The van der Waals surface area contributed by atoms with Crippen LogP contribution in [-0.4, -0.2) is 54.2 Å².